The Morgan fingerprint density at radius 2 is 1.96 bits per heavy atom. The topological polar surface area (TPSA) is 45.6 Å². The first-order valence-corrected chi connectivity index (χ1v) is 9.01. The van der Waals surface area contributed by atoms with Crippen molar-refractivity contribution in [3.63, 3.8) is 0 Å². The molecule has 0 atom stereocenters. The van der Waals surface area contributed by atoms with Gasteiger partial charge in [0.2, 0.25) is 5.91 Å². The molecule has 1 amide bonds. The number of amides is 1. The zero-order valence-corrected chi connectivity index (χ0v) is 14.1. The second kappa shape index (κ2) is 5.76. The Kier molecular flexibility index (Phi) is 3.73. The molecule has 1 aromatic heterocycles. The van der Waals surface area contributed by atoms with Gasteiger partial charge in [0, 0.05) is 32.1 Å². The van der Waals surface area contributed by atoms with Crippen LogP contribution >= 0.6 is 11.5 Å². The quantitative estimate of drug-likeness (QED) is 0.863. The van der Waals surface area contributed by atoms with E-state index in [9.17, 15) is 9.59 Å². The maximum absolute atomic E-state index is 12.5. The Hall–Kier alpha value is -1.66. The van der Waals surface area contributed by atoms with Crippen molar-refractivity contribution >= 4 is 27.5 Å². The van der Waals surface area contributed by atoms with Crippen LogP contribution in [0.4, 0.5) is 0 Å². The molecule has 23 heavy (non-hydrogen) atoms. The molecule has 2 heterocycles. The SMILES string of the molecule is Cc1ccc2c(=O)n(CN3CCN(C(=O)C4CC4)CC3)sc2c1. The van der Waals surface area contributed by atoms with E-state index in [4.69, 9.17) is 0 Å². The lowest BCUT2D eigenvalue weighted by Gasteiger charge is -2.34. The van der Waals surface area contributed by atoms with Crippen LogP contribution in [0.25, 0.3) is 10.1 Å². The van der Waals surface area contributed by atoms with Gasteiger partial charge in [-0.05, 0) is 37.5 Å². The molecule has 0 radical (unpaired) electrons. The van der Waals surface area contributed by atoms with Crippen LogP contribution in [-0.2, 0) is 11.5 Å². The van der Waals surface area contributed by atoms with Crippen LogP contribution in [0.1, 0.15) is 18.4 Å². The molecule has 6 heteroatoms. The molecule has 1 aromatic carbocycles. The van der Waals surface area contributed by atoms with Gasteiger partial charge in [0.1, 0.15) is 0 Å². The molecule has 0 bridgehead atoms. The lowest BCUT2D eigenvalue weighted by atomic mass is 10.2. The molecule has 1 aliphatic carbocycles. The molecule has 0 N–H and O–H groups in total. The minimum absolute atomic E-state index is 0.0986. The van der Waals surface area contributed by atoms with Gasteiger partial charge >= 0.3 is 0 Å². The fourth-order valence-corrected chi connectivity index (χ4v) is 4.28. The van der Waals surface area contributed by atoms with Crippen molar-refractivity contribution in [3.05, 3.63) is 34.1 Å². The number of aromatic nitrogens is 1. The van der Waals surface area contributed by atoms with Gasteiger partial charge in [-0.1, -0.05) is 17.6 Å². The van der Waals surface area contributed by atoms with E-state index in [0.717, 1.165) is 49.1 Å². The minimum atomic E-state index is 0.0986. The number of piperazine rings is 1. The molecule has 1 saturated heterocycles. The summed E-state index contributed by atoms with van der Waals surface area (Å²) in [7, 11) is 0. The van der Waals surface area contributed by atoms with Crippen molar-refractivity contribution < 1.29 is 4.79 Å². The van der Waals surface area contributed by atoms with Crippen LogP contribution in [-0.4, -0.2) is 45.8 Å². The number of carbonyl (C=O) groups is 1. The van der Waals surface area contributed by atoms with E-state index in [0.29, 0.717) is 18.5 Å². The highest BCUT2D eigenvalue weighted by Crippen LogP contribution is 2.31. The molecular weight excluding hydrogens is 310 g/mol. The molecule has 1 aliphatic heterocycles. The van der Waals surface area contributed by atoms with Crippen molar-refractivity contribution in [1.29, 1.82) is 0 Å². The number of nitrogens with zero attached hydrogens (tertiary/aromatic N) is 3. The van der Waals surface area contributed by atoms with Gasteiger partial charge in [-0.15, -0.1) is 0 Å². The van der Waals surface area contributed by atoms with E-state index in [1.54, 1.807) is 0 Å². The zero-order valence-electron chi connectivity index (χ0n) is 13.3. The number of hydrogen-bond donors (Lipinski definition) is 0. The normalized spacial score (nSPS) is 19.4. The van der Waals surface area contributed by atoms with Gasteiger partial charge in [0.25, 0.3) is 5.56 Å². The van der Waals surface area contributed by atoms with Crippen LogP contribution in [0.5, 0.6) is 0 Å². The minimum Gasteiger partial charge on any atom is -0.340 e. The van der Waals surface area contributed by atoms with Gasteiger partial charge in [-0.2, -0.15) is 0 Å². The first kappa shape index (κ1) is 14.9. The van der Waals surface area contributed by atoms with E-state index in [1.807, 2.05) is 27.9 Å². The summed E-state index contributed by atoms with van der Waals surface area (Å²) in [5.41, 5.74) is 1.28. The second-order valence-corrected chi connectivity index (χ2v) is 7.70. The molecule has 2 aliphatic rings. The Bertz CT molecular complexity index is 798. The van der Waals surface area contributed by atoms with Gasteiger partial charge in [0.05, 0.1) is 16.8 Å². The Morgan fingerprint density at radius 3 is 2.65 bits per heavy atom. The first-order chi connectivity index (χ1) is 11.1. The summed E-state index contributed by atoms with van der Waals surface area (Å²) < 4.78 is 2.89. The average molecular weight is 331 g/mol. The van der Waals surface area contributed by atoms with Gasteiger partial charge < -0.3 is 4.90 Å². The molecule has 1 saturated carbocycles. The van der Waals surface area contributed by atoms with E-state index >= 15 is 0 Å². The van der Waals surface area contributed by atoms with Crippen LogP contribution in [0.2, 0.25) is 0 Å². The zero-order chi connectivity index (χ0) is 16.0. The molecule has 122 valence electrons. The molecular formula is C17H21N3O2S. The Morgan fingerprint density at radius 1 is 1.22 bits per heavy atom. The highest BCUT2D eigenvalue weighted by molar-refractivity contribution is 7.13. The number of rotatable bonds is 3. The third kappa shape index (κ3) is 2.93. The van der Waals surface area contributed by atoms with Crippen LogP contribution in [0, 0.1) is 12.8 Å². The summed E-state index contributed by atoms with van der Waals surface area (Å²) >= 11 is 1.54. The van der Waals surface area contributed by atoms with Crippen LogP contribution in [0.15, 0.2) is 23.0 Å². The largest absolute Gasteiger partial charge is 0.340 e. The third-order valence-electron chi connectivity index (χ3n) is 4.74. The van der Waals surface area contributed by atoms with Crippen molar-refractivity contribution in [2.24, 2.45) is 5.92 Å². The summed E-state index contributed by atoms with van der Waals surface area (Å²) in [5, 5.41) is 0.808. The molecule has 2 fully saturated rings. The van der Waals surface area contributed by atoms with Crippen LogP contribution in [0.3, 0.4) is 0 Å². The predicted molar refractivity (Wildman–Crippen MR) is 91.7 cm³/mol. The fraction of sp³-hybridized carbons (Fsp3) is 0.529. The summed E-state index contributed by atoms with van der Waals surface area (Å²) in [6.07, 6.45) is 2.13. The van der Waals surface area contributed by atoms with E-state index in [1.165, 1.54) is 17.1 Å². The standard InChI is InChI=1S/C17H21N3O2S/c1-12-2-5-14-15(10-12)23-20(17(14)22)11-18-6-8-19(9-7-18)16(21)13-3-4-13/h2,5,10,13H,3-4,6-9,11H2,1H3. The lowest BCUT2D eigenvalue weighted by molar-refractivity contribution is -0.134. The molecule has 0 spiro atoms. The fourth-order valence-electron chi connectivity index (χ4n) is 3.15. The van der Waals surface area contributed by atoms with Crippen LogP contribution < -0.4 is 5.56 Å². The van der Waals surface area contributed by atoms with Crippen molar-refractivity contribution in [2.75, 3.05) is 26.2 Å². The van der Waals surface area contributed by atoms with Crippen molar-refractivity contribution in [3.8, 4) is 0 Å². The number of benzene rings is 1. The number of hydrogen-bond acceptors (Lipinski definition) is 4. The predicted octanol–water partition coefficient (Wildman–Crippen LogP) is 1.88. The van der Waals surface area contributed by atoms with Gasteiger partial charge in [-0.3, -0.25) is 14.5 Å². The molecule has 0 unspecified atom stereocenters. The summed E-state index contributed by atoms with van der Waals surface area (Å²) in [6, 6.07) is 5.99. The third-order valence-corrected chi connectivity index (χ3v) is 5.78. The molecule has 4 rings (SSSR count). The maximum atomic E-state index is 12.5. The van der Waals surface area contributed by atoms with E-state index < -0.39 is 0 Å². The van der Waals surface area contributed by atoms with Gasteiger partial charge in [-0.25, -0.2) is 3.96 Å². The number of aryl methyl sites for hydroxylation is 1. The Labute approximate surface area is 139 Å². The molecule has 2 aromatic rings. The monoisotopic (exact) mass is 331 g/mol. The van der Waals surface area contributed by atoms with E-state index in [2.05, 4.69) is 11.0 Å². The van der Waals surface area contributed by atoms with Crippen molar-refractivity contribution in [1.82, 2.24) is 13.8 Å². The first-order valence-electron chi connectivity index (χ1n) is 8.23. The van der Waals surface area contributed by atoms with Gasteiger partial charge in [0.15, 0.2) is 0 Å². The highest BCUT2D eigenvalue weighted by atomic mass is 32.1. The number of carbonyl (C=O) groups excluding carboxylic acids is 1. The second-order valence-electron chi connectivity index (χ2n) is 6.63. The highest BCUT2D eigenvalue weighted by Gasteiger charge is 2.34. The number of fused-ring (bicyclic) bond motifs is 1. The summed E-state index contributed by atoms with van der Waals surface area (Å²) in [6.45, 7) is 5.94. The van der Waals surface area contributed by atoms with E-state index in [-0.39, 0.29) is 5.56 Å². The molecule has 5 nitrogen and oxygen atoms in total. The van der Waals surface area contributed by atoms with Crippen molar-refractivity contribution in [2.45, 2.75) is 26.4 Å². The smallest absolute Gasteiger partial charge is 0.269 e. The average Bonchev–Trinajstić information content (AvgIpc) is 3.35. The Balaban J connectivity index is 1.44. The maximum Gasteiger partial charge on any atom is 0.269 e. The summed E-state index contributed by atoms with van der Waals surface area (Å²) in [5.74, 6) is 0.633. The summed E-state index contributed by atoms with van der Waals surface area (Å²) in [4.78, 5) is 28.8. The lowest BCUT2D eigenvalue weighted by Crippen LogP contribution is -2.49.